The Morgan fingerprint density at radius 2 is 2.33 bits per heavy atom. The number of thioether (sulfide) groups is 1. The highest BCUT2D eigenvalue weighted by Gasteiger charge is 2.27. The van der Waals surface area contributed by atoms with Crippen LogP contribution in [0.4, 0.5) is 11.4 Å². The van der Waals surface area contributed by atoms with E-state index in [2.05, 4.69) is 12.2 Å². The largest absolute Gasteiger partial charge is 0.381 e. The van der Waals surface area contributed by atoms with Crippen LogP contribution >= 0.6 is 11.8 Å². The van der Waals surface area contributed by atoms with Crippen LogP contribution in [0.3, 0.4) is 0 Å². The highest BCUT2D eigenvalue weighted by Crippen LogP contribution is 2.32. The molecule has 1 N–H and O–H groups in total. The zero-order valence-corrected chi connectivity index (χ0v) is 11.3. The molecule has 0 radical (unpaired) electrons. The summed E-state index contributed by atoms with van der Waals surface area (Å²) in [6, 6.07) is 7.22. The quantitative estimate of drug-likeness (QED) is 0.652. The molecule has 0 bridgehead atoms. The zero-order chi connectivity index (χ0) is 13.0. The predicted molar refractivity (Wildman–Crippen MR) is 76.3 cm³/mol. The number of rotatable bonds is 5. The Labute approximate surface area is 111 Å². The van der Waals surface area contributed by atoms with Crippen molar-refractivity contribution in [2.24, 2.45) is 0 Å². The summed E-state index contributed by atoms with van der Waals surface area (Å²) in [6.07, 6.45) is 3.63. The number of hydrogen-bond donors (Lipinski definition) is 1. The maximum absolute atomic E-state index is 10.7. The van der Waals surface area contributed by atoms with Gasteiger partial charge in [0.1, 0.15) is 0 Å². The minimum absolute atomic E-state index is 0.151. The summed E-state index contributed by atoms with van der Waals surface area (Å²) in [5.41, 5.74) is 1.01. The Morgan fingerprint density at radius 3 is 3.06 bits per heavy atom. The fraction of sp³-hybridized carbons (Fsp3) is 0.538. The number of non-ortho nitro benzene ring substituents is 1. The molecule has 0 heterocycles. The smallest absolute Gasteiger partial charge is 0.271 e. The molecule has 1 saturated carbocycles. The summed E-state index contributed by atoms with van der Waals surface area (Å²) in [5.74, 6) is 1.12. The van der Waals surface area contributed by atoms with Crippen LogP contribution in [0, 0.1) is 10.1 Å². The first-order valence-corrected chi connectivity index (χ1v) is 7.38. The Balaban J connectivity index is 2.04. The van der Waals surface area contributed by atoms with E-state index >= 15 is 0 Å². The van der Waals surface area contributed by atoms with E-state index in [0.29, 0.717) is 11.3 Å². The van der Waals surface area contributed by atoms with Gasteiger partial charge in [-0.2, -0.15) is 11.8 Å². The van der Waals surface area contributed by atoms with Gasteiger partial charge in [0.05, 0.1) is 4.92 Å². The number of nitrogens with zero attached hydrogens (tertiary/aromatic N) is 1. The summed E-state index contributed by atoms with van der Waals surface area (Å²) in [6.45, 7) is 2.17. The van der Waals surface area contributed by atoms with E-state index in [4.69, 9.17) is 0 Å². The van der Waals surface area contributed by atoms with Gasteiger partial charge in [0.2, 0.25) is 0 Å². The summed E-state index contributed by atoms with van der Waals surface area (Å²) in [7, 11) is 0. The first kappa shape index (κ1) is 13.2. The molecule has 2 unspecified atom stereocenters. The Kier molecular flexibility index (Phi) is 4.47. The van der Waals surface area contributed by atoms with Crippen molar-refractivity contribution in [2.45, 2.75) is 37.5 Å². The fourth-order valence-electron chi connectivity index (χ4n) is 2.43. The third kappa shape index (κ3) is 3.16. The monoisotopic (exact) mass is 266 g/mol. The van der Waals surface area contributed by atoms with Crippen molar-refractivity contribution >= 4 is 23.1 Å². The van der Waals surface area contributed by atoms with E-state index in [-0.39, 0.29) is 10.6 Å². The molecule has 1 aliphatic carbocycles. The molecule has 98 valence electrons. The summed E-state index contributed by atoms with van der Waals surface area (Å²) < 4.78 is 0. The zero-order valence-electron chi connectivity index (χ0n) is 10.5. The van der Waals surface area contributed by atoms with E-state index in [1.165, 1.54) is 18.9 Å². The van der Waals surface area contributed by atoms with E-state index in [9.17, 15) is 10.1 Å². The molecule has 5 heteroatoms. The number of nitro benzene ring substituents is 1. The van der Waals surface area contributed by atoms with E-state index in [0.717, 1.165) is 17.9 Å². The molecule has 1 aromatic rings. The molecular formula is C13H18N2O2S. The second-order valence-electron chi connectivity index (χ2n) is 4.48. The van der Waals surface area contributed by atoms with Crippen LogP contribution in [0.15, 0.2) is 24.3 Å². The van der Waals surface area contributed by atoms with Gasteiger partial charge >= 0.3 is 0 Å². The van der Waals surface area contributed by atoms with Crippen molar-refractivity contribution in [1.82, 2.24) is 0 Å². The lowest BCUT2D eigenvalue weighted by atomic mass is 10.2. The van der Waals surface area contributed by atoms with Gasteiger partial charge < -0.3 is 5.32 Å². The number of nitrogens with one attached hydrogen (secondary N) is 1. The second-order valence-corrected chi connectivity index (χ2v) is 6.00. The molecule has 1 aliphatic rings. The van der Waals surface area contributed by atoms with Gasteiger partial charge in [0.25, 0.3) is 5.69 Å². The molecular weight excluding hydrogens is 248 g/mol. The van der Waals surface area contributed by atoms with Gasteiger partial charge in [-0.3, -0.25) is 10.1 Å². The predicted octanol–water partition coefficient (Wildman–Crippen LogP) is 3.68. The SMILES string of the molecule is CCSC1CCCC1Nc1cccc([N+](=O)[O-])c1. The molecule has 1 fully saturated rings. The van der Waals surface area contributed by atoms with Gasteiger partial charge in [-0.1, -0.05) is 19.4 Å². The first-order valence-electron chi connectivity index (χ1n) is 6.33. The average molecular weight is 266 g/mol. The highest BCUT2D eigenvalue weighted by molar-refractivity contribution is 7.99. The van der Waals surface area contributed by atoms with Crippen LogP contribution in [0.1, 0.15) is 26.2 Å². The third-order valence-electron chi connectivity index (χ3n) is 3.24. The minimum Gasteiger partial charge on any atom is -0.381 e. The molecule has 0 spiro atoms. The van der Waals surface area contributed by atoms with Gasteiger partial charge in [-0.05, 0) is 24.7 Å². The first-order chi connectivity index (χ1) is 8.70. The van der Waals surface area contributed by atoms with Crippen LogP contribution in [-0.4, -0.2) is 22.0 Å². The molecule has 0 saturated heterocycles. The van der Waals surface area contributed by atoms with E-state index in [1.54, 1.807) is 12.1 Å². The Hall–Kier alpha value is -1.23. The number of anilines is 1. The van der Waals surface area contributed by atoms with Gasteiger partial charge in [0.15, 0.2) is 0 Å². The molecule has 1 aromatic carbocycles. The highest BCUT2D eigenvalue weighted by atomic mass is 32.2. The van der Waals surface area contributed by atoms with Gasteiger partial charge in [-0.15, -0.1) is 0 Å². The van der Waals surface area contributed by atoms with Crippen LogP contribution in [0.25, 0.3) is 0 Å². The van der Waals surface area contributed by atoms with Gasteiger partial charge in [0, 0.05) is 29.1 Å². The summed E-state index contributed by atoms with van der Waals surface area (Å²) in [5, 5.41) is 14.8. The van der Waals surface area contributed by atoms with E-state index < -0.39 is 0 Å². The number of hydrogen-bond acceptors (Lipinski definition) is 4. The molecule has 0 aliphatic heterocycles. The van der Waals surface area contributed by atoms with Crippen molar-refractivity contribution in [3.05, 3.63) is 34.4 Å². The van der Waals surface area contributed by atoms with Crippen molar-refractivity contribution in [2.75, 3.05) is 11.1 Å². The van der Waals surface area contributed by atoms with Crippen LogP contribution in [-0.2, 0) is 0 Å². The standard InChI is InChI=1S/C13H18N2O2S/c1-2-18-13-8-4-7-12(13)14-10-5-3-6-11(9-10)15(16)17/h3,5-6,9,12-14H,2,4,7-8H2,1H3. The van der Waals surface area contributed by atoms with Crippen LogP contribution < -0.4 is 5.32 Å². The lowest BCUT2D eigenvalue weighted by Crippen LogP contribution is -2.26. The lowest BCUT2D eigenvalue weighted by Gasteiger charge is -2.21. The lowest BCUT2D eigenvalue weighted by molar-refractivity contribution is -0.384. The molecule has 0 amide bonds. The maximum Gasteiger partial charge on any atom is 0.271 e. The van der Waals surface area contributed by atoms with Crippen molar-refractivity contribution in [1.29, 1.82) is 0 Å². The fourth-order valence-corrected chi connectivity index (χ4v) is 3.63. The Morgan fingerprint density at radius 1 is 1.50 bits per heavy atom. The minimum atomic E-state index is -0.349. The number of benzene rings is 1. The molecule has 18 heavy (non-hydrogen) atoms. The van der Waals surface area contributed by atoms with Crippen molar-refractivity contribution < 1.29 is 4.92 Å². The van der Waals surface area contributed by atoms with Crippen LogP contribution in [0.5, 0.6) is 0 Å². The molecule has 2 rings (SSSR count). The number of nitro groups is 1. The molecule has 4 nitrogen and oxygen atoms in total. The topological polar surface area (TPSA) is 55.2 Å². The summed E-state index contributed by atoms with van der Waals surface area (Å²) >= 11 is 1.98. The van der Waals surface area contributed by atoms with Crippen molar-refractivity contribution in [3.8, 4) is 0 Å². The Bertz CT molecular complexity index is 425. The van der Waals surface area contributed by atoms with Crippen molar-refractivity contribution in [3.63, 3.8) is 0 Å². The van der Waals surface area contributed by atoms with Crippen LogP contribution in [0.2, 0.25) is 0 Å². The maximum atomic E-state index is 10.7. The molecule has 2 atom stereocenters. The molecule has 0 aromatic heterocycles. The third-order valence-corrected chi connectivity index (χ3v) is 4.57. The second kappa shape index (κ2) is 6.09. The van der Waals surface area contributed by atoms with Gasteiger partial charge in [-0.25, -0.2) is 0 Å². The summed E-state index contributed by atoms with van der Waals surface area (Å²) in [4.78, 5) is 10.4. The van der Waals surface area contributed by atoms with E-state index in [1.807, 2.05) is 17.8 Å². The average Bonchev–Trinajstić information content (AvgIpc) is 2.77. The normalized spacial score (nSPS) is 22.9.